The van der Waals surface area contributed by atoms with Gasteiger partial charge in [0.1, 0.15) is 0 Å². The van der Waals surface area contributed by atoms with Crippen LogP contribution in [0.3, 0.4) is 0 Å². The van der Waals surface area contributed by atoms with E-state index in [1.165, 1.54) is 18.1 Å². The molecule has 2 fully saturated rings. The molecule has 0 amide bonds. The minimum atomic E-state index is -4.43. The van der Waals surface area contributed by atoms with E-state index < -0.39 is 11.7 Å². The van der Waals surface area contributed by atoms with E-state index in [2.05, 4.69) is 30.2 Å². The van der Waals surface area contributed by atoms with Crippen molar-refractivity contribution in [3.63, 3.8) is 0 Å². The van der Waals surface area contributed by atoms with E-state index in [4.69, 9.17) is 19.8 Å². The van der Waals surface area contributed by atoms with Crippen LogP contribution in [0.1, 0.15) is 37.0 Å². The first-order valence-electron chi connectivity index (χ1n) is 13.8. The molecule has 0 radical (unpaired) electrons. The Balaban J connectivity index is 1.85. The number of nitrogens with two attached hydrogens (primary N) is 1. The van der Waals surface area contributed by atoms with Gasteiger partial charge in [-0.3, -0.25) is 4.90 Å². The van der Waals surface area contributed by atoms with E-state index in [1.807, 2.05) is 6.08 Å². The first-order chi connectivity index (χ1) is 19.1. The van der Waals surface area contributed by atoms with E-state index in [1.54, 1.807) is 18.0 Å². The Morgan fingerprint density at radius 2 is 1.93 bits per heavy atom. The molecule has 1 aromatic rings. The maximum Gasteiger partial charge on any atom is 0.416 e. The molecule has 220 valence electrons. The summed E-state index contributed by atoms with van der Waals surface area (Å²) in [6, 6.07) is 4.40. The number of nitrogens with zero attached hydrogens (tertiary/aromatic N) is 4. The topological polar surface area (TPSA) is 66.6 Å². The monoisotopic (exact) mass is 579 g/mol. The Morgan fingerprint density at radius 3 is 2.62 bits per heavy atom. The molecule has 11 heteroatoms. The van der Waals surface area contributed by atoms with Gasteiger partial charge < -0.3 is 19.6 Å². The minimum Gasteiger partial charge on any atom is -0.397 e. The van der Waals surface area contributed by atoms with Gasteiger partial charge in [-0.1, -0.05) is 32.6 Å². The zero-order valence-electron chi connectivity index (χ0n) is 23.6. The Labute approximate surface area is 239 Å². The predicted octanol–water partition coefficient (Wildman–Crippen LogP) is 5.15. The largest absolute Gasteiger partial charge is 0.416 e. The first-order valence-corrected chi connectivity index (χ1v) is 14.7. The Kier molecular flexibility index (Phi) is 10.3. The maximum absolute atomic E-state index is 13.9. The highest BCUT2D eigenvalue weighted by atomic mass is 32.2. The summed E-state index contributed by atoms with van der Waals surface area (Å²) in [5.74, 6) is 1.70. The molecule has 0 aromatic heterocycles. The maximum atomic E-state index is 13.9. The van der Waals surface area contributed by atoms with Gasteiger partial charge in [0, 0.05) is 56.7 Å². The van der Waals surface area contributed by atoms with Crippen molar-refractivity contribution in [2.45, 2.75) is 39.8 Å². The summed E-state index contributed by atoms with van der Waals surface area (Å²) in [5, 5.41) is 6.80. The van der Waals surface area contributed by atoms with Crippen molar-refractivity contribution in [1.82, 2.24) is 14.8 Å². The molecule has 2 saturated heterocycles. The standard InChI is InChI=1S/C29H40F3N5O2S/c1-5-20(2)24(19-35-9-15-39-40-16-12-35)27(17-23-7-6-8-25(21(23)3)29(30,31)32)37-22(4)26(33)18-28(34-37)36-10-13-38-14-11-36/h6-8,18,20H,4-5,9-17,19,33H2,1-3H3/b27-24-. The second-order valence-electron chi connectivity index (χ2n) is 10.4. The van der Waals surface area contributed by atoms with Crippen LogP contribution in [0, 0.1) is 12.8 Å². The van der Waals surface area contributed by atoms with E-state index in [0.717, 1.165) is 42.6 Å². The molecule has 4 rings (SSSR count). The van der Waals surface area contributed by atoms with Crippen LogP contribution in [0.4, 0.5) is 13.2 Å². The third-order valence-corrected chi connectivity index (χ3v) is 8.50. The normalized spacial score (nSPS) is 21.0. The fourth-order valence-corrected chi connectivity index (χ4v) is 5.78. The number of amidine groups is 1. The van der Waals surface area contributed by atoms with Crippen LogP contribution < -0.4 is 5.73 Å². The third-order valence-electron chi connectivity index (χ3n) is 7.81. The van der Waals surface area contributed by atoms with E-state index in [-0.39, 0.29) is 17.9 Å². The van der Waals surface area contributed by atoms with E-state index in [9.17, 15) is 13.2 Å². The number of morpholine rings is 1. The molecule has 1 atom stereocenters. The SMILES string of the molecule is C=C1C(N)=CC(N2CCOCC2)=NN1/C(Cc1cccc(C(F)(F)F)c1C)=C(/CN1CCOSCC1)C(C)CC. The van der Waals surface area contributed by atoms with Gasteiger partial charge in [0.25, 0.3) is 0 Å². The van der Waals surface area contributed by atoms with Crippen molar-refractivity contribution in [1.29, 1.82) is 0 Å². The molecule has 0 spiro atoms. The lowest BCUT2D eigenvalue weighted by atomic mass is 9.90. The lowest BCUT2D eigenvalue weighted by molar-refractivity contribution is -0.138. The highest BCUT2D eigenvalue weighted by molar-refractivity contribution is 7.94. The number of hydrogen-bond donors (Lipinski definition) is 1. The van der Waals surface area contributed by atoms with Crippen molar-refractivity contribution < 1.29 is 22.1 Å². The van der Waals surface area contributed by atoms with Crippen LogP contribution in [0.25, 0.3) is 0 Å². The van der Waals surface area contributed by atoms with Crippen LogP contribution >= 0.6 is 12.0 Å². The molecular formula is C29H40F3N5O2S. The van der Waals surface area contributed by atoms with Crippen molar-refractivity contribution in [3.05, 3.63) is 70.2 Å². The van der Waals surface area contributed by atoms with Crippen molar-refractivity contribution >= 4 is 17.9 Å². The van der Waals surface area contributed by atoms with Crippen molar-refractivity contribution in [2.75, 3.05) is 58.3 Å². The highest BCUT2D eigenvalue weighted by Crippen LogP contribution is 2.36. The number of hydrazone groups is 1. The highest BCUT2D eigenvalue weighted by Gasteiger charge is 2.34. The van der Waals surface area contributed by atoms with Crippen molar-refractivity contribution in [3.8, 4) is 0 Å². The molecule has 3 heterocycles. The van der Waals surface area contributed by atoms with Crippen LogP contribution in [0.15, 0.2) is 58.6 Å². The predicted molar refractivity (Wildman–Crippen MR) is 154 cm³/mol. The average molecular weight is 580 g/mol. The fraction of sp³-hybridized carbons (Fsp3) is 0.552. The van der Waals surface area contributed by atoms with Gasteiger partial charge in [0.2, 0.25) is 0 Å². The summed E-state index contributed by atoms with van der Waals surface area (Å²) < 4.78 is 52.7. The number of alkyl halides is 3. The third kappa shape index (κ3) is 7.23. The zero-order valence-corrected chi connectivity index (χ0v) is 24.4. The average Bonchev–Trinajstić information content (AvgIpc) is 3.21. The minimum absolute atomic E-state index is 0.153. The molecule has 0 aliphatic carbocycles. The summed E-state index contributed by atoms with van der Waals surface area (Å²) in [4.78, 5) is 4.47. The van der Waals surface area contributed by atoms with Crippen LogP contribution in [0.2, 0.25) is 0 Å². The van der Waals surface area contributed by atoms with Crippen LogP contribution in [0.5, 0.6) is 0 Å². The van der Waals surface area contributed by atoms with Gasteiger partial charge >= 0.3 is 6.18 Å². The second-order valence-corrected chi connectivity index (χ2v) is 11.3. The molecule has 2 N–H and O–H groups in total. The number of halogens is 3. The molecule has 0 bridgehead atoms. The summed E-state index contributed by atoms with van der Waals surface area (Å²) in [5.41, 5.74) is 9.65. The van der Waals surface area contributed by atoms with Crippen LogP contribution in [-0.2, 0) is 21.5 Å². The molecule has 3 aliphatic rings. The smallest absolute Gasteiger partial charge is 0.397 e. The summed E-state index contributed by atoms with van der Waals surface area (Å²) in [6.45, 7) is 15.5. The molecule has 3 aliphatic heterocycles. The summed E-state index contributed by atoms with van der Waals surface area (Å²) >= 11 is 1.47. The number of benzene rings is 1. The van der Waals surface area contributed by atoms with E-state index in [0.29, 0.717) is 62.2 Å². The van der Waals surface area contributed by atoms with Gasteiger partial charge in [0.05, 0.1) is 36.8 Å². The van der Waals surface area contributed by atoms with Gasteiger partial charge in [-0.05, 0) is 54.1 Å². The van der Waals surface area contributed by atoms with Crippen molar-refractivity contribution in [2.24, 2.45) is 16.8 Å². The number of rotatable bonds is 7. The molecular weight excluding hydrogens is 539 g/mol. The summed E-state index contributed by atoms with van der Waals surface area (Å²) in [7, 11) is 0. The number of ether oxygens (including phenoxy) is 1. The Bertz CT molecular complexity index is 1150. The van der Waals surface area contributed by atoms with Gasteiger partial charge in [0.15, 0.2) is 5.84 Å². The molecule has 1 unspecified atom stereocenters. The van der Waals surface area contributed by atoms with Crippen LogP contribution in [-0.4, -0.2) is 78.9 Å². The fourth-order valence-electron chi connectivity index (χ4n) is 5.13. The zero-order chi connectivity index (χ0) is 28.9. The van der Waals surface area contributed by atoms with Gasteiger partial charge in [-0.2, -0.15) is 13.2 Å². The summed E-state index contributed by atoms with van der Waals surface area (Å²) in [6.07, 6.45) is -1.48. The molecule has 40 heavy (non-hydrogen) atoms. The van der Waals surface area contributed by atoms with Gasteiger partial charge in [-0.25, -0.2) is 5.01 Å². The quantitative estimate of drug-likeness (QED) is 0.448. The van der Waals surface area contributed by atoms with E-state index >= 15 is 0 Å². The van der Waals surface area contributed by atoms with Gasteiger partial charge in [-0.15, -0.1) is 5.10 Å². The lowest BCUT2D eigenvalue weighted by Gasteiger charge is -2.37. The lowest BCUT2D eigenvalue weighted by Crippen LogP contribution is -2.43. The molecule has 1 aromatic carbocycles. The Hall–Kier alpha value is -2.47. The molecule has 7 nitrogen and oxygen atoms in total. The first kappa shape index (κ1) is 30.5. The molecule has 0 saturated carbocycles. The second kappa shape index (κ2) is 13.5. The number of hydrogen-bond acceptors (Lipinski definition) is 8. The Morgan fingerprint density at radius 1 is 1.18 bits per heavy atom. The number of allylic oxidation sites excluding steroid dienone is 1.